The lowest BCUT2D eigenvalue weighted by atomic mass is 10.1. The molecule has 20 heavy (non-hydrogen) atoms. The Bertz CT molecular complexity index is 608. The zero-order valence-electron chi connectivity index (χ0n) is 11.2. The second-order valence-corrected chi connectivity index (χ2v) is 4.72. The maximum Gasteiger partial charge on any atom is 0.307 e. The molecule has 0 bridgehead atoms. The van der Waals surface area contributed by atoms with Gasteiger partial charge >= 0.3 is 5.97 Å². The number of anilines is 1. The van der Waals surface area contributed by atoms with Crippen molar-refractivity contribution >= 4 is 11.7 Å². The highest BCUT2D eigenvalue weighted by Gasteiger charge is 2.03. The van der Waals surface area contributed by atoms with E-state index in [0.29, 0.717) is 12.2 Å². The number of hydrogen-bond donors (Lipinski definition) is 2. The van der Waals surface area contributed by atoms with Gasteiger partial charge in [-0.3, -0.25) is 4.79 Å². The highest BCUT2D eigenvalue weighted by molar-refractivity contribution is 5.70. The summed E-state index contributed by atoms with van der Waals surface area (Å²) in [4.78, 5) is 10.6. The number of benzene rings is 2. The number of aryl methyl sites for hydroxylation is 1. The van der Waals surface area contributed by atoms with Gasteiger partial charge in [0.25, 0.3) is 0 Å². The van der Waals surface area contributed by atoms with Crippen molar-refractivity contribution in [3.63, 3.8) is 0 Å². The number of nitrogens with one attached hydrogen (secondary N) is 1. The van der Waals surface area contributed by atoms with Gasteiger partial charge in [-0.25, -0.2) is 4.39 Å². The molecule has 0 aromatic heterocycles. The van der Waals surface area contributed by atoms with Gasteiger partial charge in [-0.2, -0.15) is 0 Å². The SMILES string of the molecule is Cc1ccc(F)c(NCc2ccc(CC(=O)O)cc2)c1. The molecule has 0 aliphatic heterocycles. The van der Waals surface area contributed by atoms with Crippen molar-refractivity contribution in [1.29, 1.82) is 0 Å². The third-order valence-electron chi connectivity index (χ3n) is 2.98. The molecule has 0 fully saturated rings. The summed E-state index contributed by atoms with van der Waals surface area (Å²) >= 11 is 0. The first-order valence-corrected chi connectivity index (χ1v) is 6.34. The molecule has 0 saturated carbocycles. The van der Waals surface area contributed by atoms with Gasteiger partial charge in [-0.15, -0.1) is 0 Å². The van der Waals surface area contributed by atoms with E-state index in [9.17, 15) is 9.18 Å². The van der Waals surface area contributed by atoms with Crippen LogP contribution in [0.5, 0.6) is 0 Å². The Morgan fingerprint density at radius 2 is 1.80 bits per heavy atom. The summed E-state index contributed by atoms with van der Waals surface area (Å²) < 4.78 is 13.6. The Balaban J connectivity index is 2.00. The fraction of sp³-hybridized carbons (Fsp3) is 0.188. The molecule has 3 nitrogen and oxygen atoms in total. The van der Waals surface area contributed by atoms with Crippen LogP contribution in [-0.2, 0) is 17.8 Å². The van der Waals surface area contributed by atoms with Crippen LogP contribution in [0.15, 0.2) is 42.5 Å². The van der Waals surface area contributed by atoms with Crippen LogP contribution in [0.4, 0.5) is 10.1 Å². The topological polar surface area (TPSA) is 49.3 Å². The van der Waals surface area contributed by atoms with Crippen LogP contribution in [0.25, 0.3) is 0 Å². The van der Waals surface area contributed by atoms with Crippen molar-refractivity contribution in [1.82, 2.24) is 0 Å². The van der Waals surface area contributed by atoms with Gasteiger partial charge < -0.3 is 10.4 Å². The average Bonchev–Trinajstić information content (AvgIpc) is 2.41. The van der Waals surface area contributed by atoms with E-state index < -0.39 is 5.97 Å². The zero-order chi connectivity index (χ0) is 14.5. The van der Waals surface area contributed by atoms with E-state index in [0.717, 1.165) is 16.7 Å². The smallest absolute Gasteiger partial charge is 0.307 e. The molecule has 4 heteroatoms. The van der Waals surface area contributed by atoms with Crippen molar-refractivity contribution in [2.45, 2.75) is 19.9 Å². The molecule has 2 rings (SSSR count). The summed E-state index contributed by atoms with van der Waals surface area (Å²) in [6.45, 7) is 2.40. The second kappa shape index (κ2) is 6.19. The molecule has 2 N–H and O–H groups in total. The molecule has 2 aromatic rings. The Kier molecular flexibility index (Phi) is 4.35. The normalized spacial score (nSPS) is 10.3. The van der Waals surface area contributed by atoms with Gasteiger partial charge in [0, 0.05) is 6.54 Å². The fourth-order valence-corrected chi connectivity index (χ4v) is 1.92. The molecule has 0 spiro atoms. The van der Waals surface area contributed by atoms with Crippen LogP contribution in [0, 0.1) is 12.7 Å². The maximum atomic E-state index is 13.6. The molecule has 0 radical (unpaired) electrons. The van der Waals surface area contributed by atoms with E-state index >= 15 is 0 Å². The predicted octanol–water partition coefficient (Wildman–Crippen LogP) is 3.37. The fourth-order valence-electron chi connectivity index (χ4n) is 1.92. The lowest BCUT2D eigenvalue weighted by Crippen LogP contribution is -2.03. The molecule has 0 aliphatic carbocycles. The van der Waals surface area contributed by atoms with Crippen molar-refractivity contribution < 1.29 is 14.3 Å². The quantitative estimate of drug-likeness (QED) is 0.878. The number of rotatable bonds is 5. The minimum atomic E-state index is -0.849. The van der Waals surface area contributed by atoms with Gasteiger partial charge in [0.2, 0.25) is 0 Å². The molecule has 0 unspecified atom stereocenters. The van der Waals surface area contributed by atoms with Crippen LogP contribution in [0.3, 0.4) is 0 Å². The molecule has 0 amide bonds. The highest BCUT2D eigenvalue weighted by atomic mass is 19.1. The zero-order valence-corrected chi connectivity index (χ0v) is 11.2. The van der Waals surface area contributed by atoms with Crippen molar-refractivity contribution in [2.75, 3.05) is 5.32 Å². The molecule has 0 aliphatic rings. The van der Waals surface area contributed by atoms with Crippen LogP contribution >= 0.6 is 0 Å². The first-order valence-electron chi connectivity index (χ1n) is 6.34. The van der Waals surface area contributed by atoms with Crippen LogP contribution in [-0.4, -0.2) is 11.1 Å². The monoisotopic (exact) mass is 273 g/mol. The van der Waals surface area contributed by atoms with Gasteiger partial charge in [0.05, 0.1) is 12.1 Å². The number of hydrogen-bond acceptors (Lipinski definition) is 2. The standard InChI is InChI=1S/C16H16FNO2/c1-11-2-7-14(17)15(8-11)18-10-13-5-3-12(4-6-13)9-16(19)20/h2-8,18H,9-10H2,1H3,(H,19,20). The maximum absolute atomic E-state index is 13.6. The van der Waals surface area contributed by atoms with E-state index in [1.807, 2.05) is 19.1 Å². The Morgan fingerprint density at radius 1 is 1.15 bits per heavy atom. The minimum Gasteiger partial charge on any atom is -0.481 e. The van der Waals surface area contributed by atoms with E-state index in [1.165, 1.54) is 6.07 Å². The van der Waals surface area contributed by atoms with Crippen molar-refractivity contribution in [3.05, 3.63) is 65.0 Å². The number of carboxylic acids is 1. The predicted molar refractivity (Wildman–Crippen MR) is 76.2 cm³/mol. The molecule has 0 saturated heterocycles. The average molecular weight is 273 g/mol. The van der Waals surface area contributed by atoms with Gasteiger partial charge in [-0.05, 0) is 35.7 Å². The van der Waals surface area contributed by atoms with Gasteiger partial charge in [0.15, 0.2) is 0 Å². The summed E-state index contributed by atoms with van der Waals surface area (Å²) in [6, 6.07) is 12.2. The number of carbonyl (C=O) groups is 1. The number of carboxylic acid groups (broad SMARTS) is 1. The summed E-state index contributed by atoms with van der Waals surface area (Å²) in [7, 11) is 0. The first kappa shape index (κ1) is 14.1. The van der Waals surface area contributed by atoms with E-state index in [2.05, 4.69) is 5.32 Å². The van der Waals surface area contributed by atoms with Crippen molar-refractivity contribution in [3.8, 4) is 0 Å². The third kappa shape index (κ3) is 3.82. The lowest BCUT2D eigenvalue weighted by molar-refractivity contribution is -0.136. The Hall–Kier alpha value is -2.36. The van der Waals surface area contributed by atoms with Gasteiger partial charge in [0.1, 0.15) is 5.82 Å². The van der Waals surface area contributed by atoms with Crippen molar-refractivity contribution in [2.24, 2.45) is 0 Å². The Morgan fingerprint density at radius 3 is 2.45 bits per heavy atom. The van der Waals surface area contributed by atoms with E-state index in [1.54, 1.807) is 24.3 Å². The third-order valence-corrected chi connectivity index (χ3v) is 2.98. The molecule has 0 atom stereocenters. The second-order valence-electron chi connectivity index (χ2n) is 4.72. The summed E-state index contributed by atoms with van der Waals surface area (Å²) in [5, 5.41) is 11.7. The molecule has 2 aromatic carbocycles. The highest BCUT2D eigenvalue weighted by Crippen LogP contribution is 2.17. The van der Waals surface area contributed by atoms with E-state index in [-0.39, 0.29) is 12.2 Å². The summed E-state index contributed by atoms with van der Waals surface area (Å²) in [5.41, 5.74) is 3.19. The van der Waals surface area contributed by atoms with E-state index in [4.69, 9.17) is 5.11 Å². The summed E-state index contributed by atoms with van der Waals surface area (Å²) in [5.74, 6) is -1.13. The molecule has 0 heterocycles. The first-order chi connectivity index (χ1) is 9.54. The largest absolute Gasteiger partial charge is 0.481 e. The van der Waals surface area contributed by atoms with Crippen LogP contribution in [0.1, 0.15) is 16.7 Å². The van der Waals surface area contributed by atoms with Gasteiger partial charge in [-0.1, -0.05) is 30.3 Å². The lowest BCUT2D eigenvalue weighted by Gasteiger charge is -2.09. The molecular weight excluding hydrogens is 257 g/mol. The Labute approximate surface area is 117 Å². The summed E-state index contributed by atoms with van der Waals surface area (Å²) in [6.07, 6.45) is 0.0141. The van der Waals surface area contributed by atoms with Crippen LogP contribution < -0.4 is 5.32 Å². The number of aliphatic carboxylic acids is 1. The van der Waals surface area contributed by atoms with Crippen LogP contribution in [0.2, 0.25) is 0 Å². The number of halogens is 1. The molecular formula is C16H16FNO2. The minimum absolute atomic E-state index is 0.0141. The molecule has 104 valence electrons.